The Morgan fingerprint density at radius 2 is 0.988 bits per heavy atom. The Labute approximate surface area is 481 Å². The Morgan fingerprint density at radius 1 is 0.561 bits per heavy atom. The van der Waals surface area contributed by atoms with Gasteiger partial charge in [0.05, 0.1) is 34.7 Å². The molecule has 13 nitrogen and oxygen atoms in total. The van der Waals surface area contributed by atoms with Crippen molar-refractivity contribution < 1.29 is 26.5 Å². The van der Waals surface area contributed by atoms with Crippen molar-refractivity contribution in [3.63, 3.8) is 0 Å². The van der Waals surface area contributed by atoms with Gasteiger partial charge in [-0.15, -0.1) is 0 Å². The van der Waals surface area contributed by atoms with E-state index in [1.165, 1.54) is 0 Å². The highest BCUT2D eigenvalue weighted by Gasteiger charge is 2.38. The van der Waals surface area contributed by atoms with Crippen LogP contribution in [0, 0.1) is 34.0 Å². The van der Waals surface area contributed by atoms with Crippen molar-refractivity contribution >= 4 is 113 Å². The van der Waals surface area contributed by atoms with Crippen LogP contribution in [-0.4, -0.2) is 57.9 Å². The first-order valence-corrected chi connectivity index (χ1v) is 28.3. The fourth-order valence-corrected chi connectivity index (χ4v) is 11.6. The lowest BCUT2D eigenvalue weighted by Crippen LogP contribution is -2.54. The molecular formula is C64H41B2Cl2N7O6S. The molecule has 4 aromatic heterocycles. The summed E-state index contributed by atoms with van der Waals surface area (Å²) in [4.78, 5) is 10.0. The average molecular weight is 1130 g/mol. The van der Waals surface area contributed by atoms with Gasteiger partial charge in [-0.3, -0.25) is 4.55 Å². The molecule has 12 aromatic rings. The minimum Gasteiger partial charge on any atom is -0.494 e. The minimum atomic E-state index is -4.24. The molecule has 4 heterocycles. The van der Waals surface area contributed by atoms with Crippen molar-refractivity contribution in [3.05, 3.63) is 244 Å². The van der Waals surface area contributed by atoms with E-state index in [2.05, 4.69) is 27.2 Å². The molecule has 0 aliphatic heterocycles. The third kappa shape index (κ3) is 10.00. The van der Waals surface area contributed by atoms with Crippen molar-refractivity contribution in [2.75, 3.05) is 12.4 Å². The number of nitrogens with zero attached hydrogens (tertiary/aromatic N) is 7. The van der Waals surface area contributed by atoms with E-state index >= 15 is 0 Å². The molecule has 0 atom stereocenters. The summed E-state index contributed by atoms with van der Waals surface area (Å²) in [5.41, 5.74) is 7.09. The predicted octanol–water partition coefficient (Wildman–Crippen LogP) is 9.65. The number of ether oxygens (including phenoxy) is 1. The molecule has 0 aliphatic rings. The number of fused-ring (bicyclic) bond motifs is 3. The summed E-state index contributed by atoms with van der Waals surface area (Å²) in [7, 11) is -4.24. The molecule has 0 unspecified atom stereocenters. The lowest BCUT2D eigenvalue weighted by molar-refractivity contribution is 0.316. The fraction of sp³-hybridized carbons (Fsp3) is 0.0469. The molecular weight excluding hydrogens is 1090 g/mol. The molecule has 0 bridgehead atoms. The van der Waals surface area contributed by atoms with Gasteiger partial charge in [-0.05, 0) is 66.6 Å². The molecule has 394 valence electrons. The molecule has 0 fully saturated rings. The Bertz CT molecular complexity index is 4620. The third-order valence-corrected chi connectivity index (χ3v) is 15.5. The van der Waals surface area contributed by atoms with E-state index in [0.29, 0.717) is 82.0 Å². The molecule has 18 heteroatoms. The Morgan fingerprint density at radius 3 is 1.43 bits per heavy atom. The van der Waals surface area contributed by atoms with Crippen LogP contribution >= 0.6 is 23.2 Å². The van der Waals surface area contributed by atoms with Crippen molar-refractivity contribution in [1.82, 2.24) is 18.9 Å². The maximum absolute atomic E-state index is 12.2. The molecule has 0 aliphatic carbocycles. The number of nitriles is 3. The van der Waals surface area contributed by atoms with Crippen LogP contribution < -0.4 is 37.3 Å². The smallest absolute Gasteiger partial charge is 0.328 e. The van der Waals surface area contributed by atoms with Crippen LogP contribution in [0.15, 0.2) is 215 Å². The highest BCUT2D eigenvalue weighted by molar-refractivity contribution is 7.85. The van der Waals surface area contributed by atoms with Crippen LogP contribution in [0.1, 0.15) is 23.8 Å². The van der Waals surface area contributed by atoms with Gasteiger partial charge in [-0.1, -0.05) is 185 Å². The monoisotopic (exact) mass is 1130 g/mol. The summed E-state index contributed by atoms with van der Waals surface area (Å²) in [6.45, 7) is -1.54. The highest BCUT2D eigenvalue weighted by Crippen LogP contribution is 2.39. The summed E-state index contributed by atoms with van der Waals surface area (Å²) in [5.74, 6) is -0.149. The zero-order valence-corrected chi connectivity index (χ0v) is 45.5. The van der Waals surface area contributed by atoms with Crippen LogP contribution in [-0.2, 0) is 10.1 Å². The van der Waals surface area contributed by atoms with Gasteiger partial charge in [0, 0.05) is 49.9 Å². The summed E-state index contributed by atoms with van der Waals surface area (Å²) in [6.07, 6.45) is 0.0284. The third-order valence-electron chi connectivity index (χ3n) is 14.2. The fourth-order valence-electron chi connectivity index (χ4n) is 10.8. The molecule has 1 N–H and O–H groups in total. The molecule has 82 heavy (non-hydrogen) atoms. The van der Waals surface area contributed by atoms with Crippen molar-refractivity contribution in [1.29, 1.82) is 15.8 Å². The molecule has 0 saturated heterocycles. The summed E-state index contributed by atoms with van der Waals surface area (Å²) < 4.78 is 56.4. The number of hydrogen-bond acceptors (Lipinski definition) is 10. The topological polar surface area (TPSA) is 197 Å². The zero-order valence-electron chi connectivity index (χ0n) is 43.2. The van der Waals surface area contributed by atoms with Gasteiger partial charge in [-0.25, -0.2) is 9.97 Å². The number of hydrogen-bond donors (Lipinski definition) is 1. The second-order valence-corrected chi connectivity index (χ2v) is 21.7. The Kier molecular flexibility index (Phi) is 14.4. The van der Waals surface area contributed by atoms with Gasteiger partial charge in [-0.2, -0.15) is 24.2 Å². The number of aromatic nitrogens is 4. The number of halogens is 2. The number of oxazole rings is 2. The Balaban J connectivity index is 1.40. The lowest BCUT2D eigenvalue weighted by Gasteiger charge is -2.24. The molecule has 12 rings (SSSR count). The van der Waals surface area contributed by atoms with E-state index in [-0.39, 0.29) is 41.5 Å². The quantitative estimate of drug-likeness (QED) is 0.0583. The summed E-state index contributed by atoms with van der Waals surface area (Å²) in [6, 6.07) is 71.5. The first-order valence-electron chi connectivity index (χ1n) is 25.9. The van der Waals surface area contributed by atoms with Crippen LogP contribution in [0.3, 0.4) is 0 Å². The highest BCUT2D eigenvalue weighted by atomic mass is 35.5. The van der Waals surface area contributed by atoms with Gasteiger partial charge >= 0.3 is 13.7 Å². The summed E-state index contributed by atoms with van der Waals surface area (Å²) in [5, 5.41) is 38.0. The molecule has 0 amide bonds. The van der Waals surface area contributed by atoms with Gasteiger partial charge in [0.2, 0.25) is 11.8 Å². The van der Waals surface area contributed by atoms with Crippen molar-refractivity contribution in [2.24, 2.45) is 0 Å². The van der Waals surface area contributed by atoms with E-state index in [4.69, 9.17) is 46.7 Å². The van der Waals surface area contributed by atoms with Crippen LogP contribution in [0.2, 0.25) is 10.0 Å². The van der Waals surface area contributed by atoms with E-state index in [1.807, 2.05) is 146 Å². The molecule has 0 radical (unpaired) electrons. The maximum atomic E-state index is 12.2. The Hall–Kier alpha value is -9.85. The zero-order chi connectivity index (χ0) is 56.5. The van der Waals surface area contributed by atoms with E-state index < -0.39 is 29.6 Å². The second kappa shape index (κ2) is 22.4. The average Bonchev–Trinajstić information content (AvgIpc) is 3.49. The number of rotatable bonds is 15. The first kappa shape index (κ1) is 52.8. The van der Waals surface area contributed by atoms with Gasteiger partial charge in [0.25, 0.3) is 10.1 Å². The van der Waals surface area contributed by atoms with Gasteiger partial charge in [0.15, 0.2) is 11.2 Å². The van der Waals surface area contributed by atoms with E-state index in [9.17, 15) is 28.8 Å². The SMILES string of the molecule is N#C/C(c1nc2ccc(Cl)cc2o1)=c1\c2c(-c3ccccc3C#N)n(B(c3ccccc3)c3ccccc3)/c(=C(/C#N)c3nc4ccc(Cl)cc4o3)c2c(-c2ccc(OCCCS(=O)(=O)O)cc2)n1B(c1ccccc1)c1ccccc1. The van der Waals surface area contributed by atoms with Crippen molar-refractivity contribution in [3.8, 4) is 46.5 Å². The normalized spacial score (nSPS) is 12.2. The van der Waals surface area contributed by atoms with Crippen molar-refractivity contribution in [2.45, 2.75) is 6.42 Å². The largest absolute Gasteiger partial charge is 0.494 e. The minimum absolute atomic E-state index is 0.00426. The predicted molar refractivity (Wildman–Crippen MR) is 322 cm³/mol. The maximum Gasteiger partial charge on any atom is 0.328 e. The van der Waals surface area contributed by atoms with E-state index in [0.717, 1.165) is 21.9 Å². The molecule has 0 spiro atoms. The molecule has 8 aromatic carbocycles. The van der Waals surface area contributed by atoms with E-state index in [1.54, 1.807) is 60.7 Å². The van der Waals surface area contributed by atoms with Crippen LogP contribution in [0.4, 0.5) is 0 Å². The standard InChI is InChI=1S/C64H41B2Cl2N7O6S/c67-47-28-32-53-55(36-47)80-63(72-53)51(39-70)61-57-58(60(50-25-14-13-16-42(50)38-69)75(61)66(45-21-9-3-10-22-45)46-23-11-4-12-24-46)62(52(40-71)64-73-54-33-29-48(68)37-56(54)81-64)74(65(43-17-5-1-6-18-43)44-19-7-2-8-20-44)59(57)41-26-30-49(31-27-41)79-34-15-35-82(76,77)78/h1-14,16-33,36-37H,15,34-35H2,(H,76,77,78)/b61-51-,62-52-. The lowest BCUT2D eigenvalue weighted by atomic mass is 9.50. The van der Waals surface area contributed by atoms with Gasteiger partial charge < -0.3 is 22.5 Å². The number of benzene rings is 8. The van der Waals surface area contributed by atoms with Gasteiger partial charge in [0.1, 0.15) is 40.1 Å². The summed E-state index contributed by atoms with van der Waals surface area (Å²) >= 11 is 13.2. The molecule has 0 saturated carbocycles. The first-order chi connectivity index (χ1) is 40.0. The van der Waals surface area contributed by atoms with Crippen LogP contribution in [0.25, 0.3) is 66.6 Å². The second-order valence-electron chi connectivity index (χ2n) is 19.2. The van der Waals surface area contributed by atoms with Crippen LogP contribution in [0.5, 0.6) is 5.75 Å².